The van der Waals surface area contributed by atoms with Gasteiger partial charge in [-0.2, -0.15) is 0 Å². The lowest BCUT2D eigenvalue weighted by molar-refractivity contribution is 0.0940. The van der Waals surface area contributed by atoms with Crippen LogP contribution in [0.2, 0.25) is 0 Å². The van der Waals surface area contributed by atoms with E-state index in [9.17, 15) is 4.79 Å². The molecule has 2 N–H and O–H groups in total. The van der Waals surface area contributed by atoms with Gasteiger partial charge in [0.15, 0.2) is 0 Å². The first-order valence-corrected chi connectivity index (χ1v) is 4.76. The van der Waals surface area contributed by atoms with Crippen LogP contribution >= 0.6 is 0 Å². The molecule has 0 aliphatic carbocycles. The van der Waals surface area contributed by atoms with Crippen LogP contribution in [-0.4, -0.2) is 35.8 Å². The molecule has 5 heteroatoms. The van der Waals surface area contributed by atoms with Crippen molar-refractivity contribution in [2.75, 3.05) is 19.8 Å². The second-order valence-electron chi connectivity index (χ2n) is 2.77. The first-order valence-electron chi connectivity index (χ1n) is 4.76. The van der Waals surface area contributed by atoms with Gasteiger partial charge in [0.1, 0.15) is 5.56 Å². The van der Waals surface area contributed by atoms with Gasteiger partial charge >= 0.3 is 0 Å². The van der Waals surface area contributed by atoms with E-state index in [1.165, 1.54) is 0 Å². The van der Waals surface area contributed by atoms with Crippen LogP contribution in [0.15, 0.2) is 18.3 Å². The van der Waals surface area contributed by atoms with E-state index in [0.29, 0.717) is 18.1 Å². The Morgan fingerprint density at radius 1 is 1.67 bits per heavy atom. The number of pyridine rings is 1. The van der Waals surface area contributed by atoms with Gasteiger partial charge in [-0.25, -0.2) is 4.98 Å². The molecule has 0 fully saturated rings. The minimum atomic E-state index is -0.291. The lowest BCUT2D eigenvalue weighted by atomic mass is 10.2. The SMILES string of the molecule is CCOc1ncccc1C(=O)NCCO. The molecule has 0 aliphatic heterocycles. The first-order chi connectivity index (χ1) is 7.29. The zero-order valence-electron chi connectivity index (χ0n) is 8.56. The van der Waals surface area contributed by atoms with Crippen LogP contribution in [0.4, 0.5) is 0 Å². The average molecular weight is 210 g/mol. The fraction of sp³-hybridized carbons (Fsp3) is 0.400. The van der Waals surface area contributed by atoms with Gasteiger partial charge in [0.25, 0.3) is 5.91 Å². The Balaban J connectivity index is 2.77. The summed E-state index contributed by atoms with van der Waals surface area (Å²) in [5.41, 5.74) is 0.382. The fourth-order valence-electron chi connectivity index (χ4n) is 1.08. The number of carbonyl (C=O) groups excluding carboxylic acids is 1. The minimum Gasteiger partial charge on any atom is -0.477 e. The molecule has 1 aromatic rings. The normalized spacial score (nSPS) is 9.73. The third-order valence-electron chi connectivity index (χ3n) is 1.69. The van der Waals surface area contributed by atoms with Crippen LogP contribution in [0.5, 0.6) is 5.88 Å². The van der Waals surface area contributed by atoms with Crippen LogP contribution in [0.1, 0.15) is 17.3 Å². The van der Waals surface area contributed by atoms with Crippen molar-refractivity contribution in [1.29, 1.82) is 0 Å². The Bertz CT molecular complexity index is 328. The van der Waals surface area contributed by atoms with E-state index >= 15 is 0 Å². The van der Waals surface area contributed by atoms with Gasteiger partial charge in [-0.3, -0.25) is 4.79 Å². The molecule has 5 nitrogen and oxygen atoms in total. The topological polar surface area (TPSA) is 71.5 Å². The molecule has 0 bridgehead atoms. The highest BCUT2D eigenvalue weighted by molar-refractivity contribution is 5.96. The molecule has 1 aromatic heterocycles. The number of amides is 1. The average Bonchev–Trinajstić information content (AvgIpc) is 2.27. The van der Waals surface area contributed by atoms with Crippen LogP contribution in [-0.2, 0) is 0 Å². The van der Waals surface area contributed by atoms with E-state index in [4.69, 9.17) is 9.84 Å². The number of ether oxygens (including phenoxy) is 1. The van der Waals surface area contributed by atoms with Crippen LogP contribution < -0.4 is 10.1 Å². The number of nitrogens with zero attached hydrogens (tertiary/aromatic N) is 1. The van der Waals surface area contributed by atoms with Crippen molar-refractivity contribution >= 4 is 5.91 Å². The highest BCUT2D eigenvalue weighted by atomic mass is 16.5. The third-order valence-corrected chi connectivity index (χ3v) is 1.69. The van der Waals surface area contributed by atoms with Crippen molar-refractivity contribution in [3.05, 3.63) is 23.9 Å². The maximum atomic E-state index is 11.6. The summed E-state index contributed by atoms with van der Waals surface area (Å²) in [5, 5.41) is 11.1. The zero-order valence-corrected chi connectivity index (χ0v) is 8.56. The lowest BCUT2D eigenvalue weighted by Crippen LogP contribution is -2.27. The molecule has 1 amide bonds. The van der Waals surface area contributed by atoms with Crippen molar-refractivity contribution in [3.63, 3.8) is 0 Å². The van der Waals surface area contributed by atoms with Gasteiger partial charge < -0.3 is 15.2 Å². The monoisotopic (exact) mass is 210 g/mol. The largest absolute Gasteiger partial charge is 0.477 e. The van der Waals surface area contributed by atoms with E-state index < -0.39 is 0 Å². The van der Waals surface area contributed by atoms with Crippen LogP contribution in [0.25, 0.3) is 0 Å². The lowest BCUT2D eigenvalue weighted by Gasteiger charge is -2.08. The fourth-order valence-corrected chi connectivity index (χ4v) is 1.08. The number of aliphatic hydroxyl groups is 1. The van der Waals surface area contributed by atoms with Gasteiger partial charge in [0.2, 0.25) is 5.88 Å². The third kappa shape index (κ3) is 3.21. The van der Waals surface area contributed by atoms with E-state index in [1.54, 1.807) is 18.3 Å². The summed E-state index contributed by atoms with van der Waals surface area (Å²) < 4.78 is 5.20. The van der Waals surface area contributed by atoms with E-state index in [1.807, 2.05) is 6.92 Å². The quantitative estimate of drug-likeness (QED) is 0.728. The number of carbonyl (C=O) groups is 1. The predicted molar refractivity (Wildman–Crippen MR) is 54.8 cm³/mol. The Labute approximate surface area is 88.1 Å². The molecule has 1 rings (SSSR count). The van der Waals surface area contributed by atoms with Crippen molar-refractivity contribution in [2.45, 2.75) is 6.92 Å². The first kappa shape index (κ1) is 11.5. The molecule has 0 radical (unpaired) electrons. The highest BCUT2D eigenvalue weighted by Gasteiger charge is 2.11. The van der Waals surface area contributed by atoms with E-state index in [2.05, 4.69) is 10.3 Å². The van der Waals surface area contributed by atoms with Crippen molar-refractivity contribution < 1.29 is 14.6 Å². The van der Waals surface area contributed by atoms with Crippen molar-refractivity contribution in [3.8, 4) is 5.88 Å². The van der Waals surface area contributed by atoms with Crippen molar-refractivity contribution in [2.24, 2.45) is 0 Å². The summed E-state index contributed by atoms with van der Waals surface area (Å²) in [7, 11) is 0. The van der Waals surface area contributed by atoms with Gasteiger partial charge in [-0.15, -0.1) is 0 Å². The van der Waals surface area contributed by atoms with Gasteiger partial charge in [-0.05, 0) is 19.1 Å². The second-order valence-corrected chi connectivity index (χ2v) is 2.77. The van der Waals surface area contributed by atoms with E-state index in [-0.39, 0.29) is 19.1 Å². The molecule has 0 saturated carbocycles. The molecule has 0 unspecified atom stereocenters. The standard InChI is InChI=1S/C10H14N2O3/c1-2-15-10-8(4-3-5-12-10)9(14)11-6-7-13/h3-5,13H,2,6-7H2,1H3,(H,11,14). The summed E-state index contributed by atoms with van der Waals surface area (Å²) in [5.74, 6) is 0.0241. The van der Waals surface area contributed by atoms with Crippen LogP contribution in [0, 0.1) is 0 Å². The summed E-state index contributed by atoms with van der Waals surface area (Å²) in [6, 6.07) is 3.29. The molecule has 0 saturated heterocycles. The maximum Gasteiger partial charge on any atom is 0.256 e. The second kappa shape index (κ2) is 5.98. The van der Waals surface area contributed by atoms with Gasteiger partial charge in [0.05, 0.1) is 13.2 Å². The number of rotatable bonds is 5. The molecule has 82 valence electrons. The summed E-state index contributed by atoms with van der Waals surface area (Å²) >= 11 is 0. The number of hydrogen-bond acceptors (Lipinski definition) is 4. The van der Waals surface area contributed by atoms with Crippen molar-refractivity contribution in [1.82, 2.24) is 10.3 Å². The molecular weight excluding hydrogens is 196 g/mol. The maximum absolute atomic E-state index is 11.6. The van der Waals surface area contributed by atoms with Gasteiger partial charge in [0, 0.05) is 12.7 Å². The number of aliphatic hydroxyl groups excluding tert-OH is 1. The minimum absolute atomic E-state index is 0.0873. The Kier molecular flexibility index (Phi) is 4.56. The smallest absolute Gasteiger partial charge is 0.256 e. The zero-order chi connectivity index (χ0) is 11.1. The van der Waals surface area contributed by atoms with E-state index in [0.717, 1.165) is 0 Å². The summed E-state index contributed by atoms with van der Waals surface area (Å²) in [6.45, 7) is 2.41. The summed E-state index contributed by atoms with van der Waals surface area (Å²) in [4.78, 5) is 15.5. The molecule has 1 heterocycles. The number of nitrogens with one attached hydrogen (secondary N) is 1. The molecule has 0 aliphatic rings. The molecular formula is C10H14N2O3. The Hall–Kier alpha value is -1.62. The Morgan fingerprint density at radius 2 is 2.47 bits per heavy atom. The van der Waals surface area contributed by atoms with Gasteiger partial charge in [-0.1, -0.05) is 0 Å². The predicted octanol–water partition coefficient (Wildman–Crippen LogP) is 0.202. The Morgan fingerprint density at radius 3 is 3.13 bits per heavy atom. The highest BCUT2D eigenvalue weighted by Crippen LogP contribution is 2.13. The number of hydrogen-bond donors (Lipinski definition) is 2. The molecule has 0 aromatic carbocycles. The number of aromatic nitrogens is 1. The van der Waals surface area contributed by atoms with Crippen LogP contribution in [0.3, 0.4) is 0 Å². The molecule has 15 heavy (non-hydrogen) atoms. The molecule has 0 atom stereocenters. The summed E-state index contributed by atoms with van der Waals surface area (Å²) in [6.07, 6.45) is 1.56. The molecule has 0 spiro atoms.